The highest BCUT2D eigenvalue weighted by atomic mass is 35.5. The van der Waals surface area contributed by atoms with Crippen molar-refractivity contribution in [2.45, 2.75) is 12.6 Å². The van der Waals surface area contributed by atoms with E-state index in [1.807, 2.05) is 6.07 Å². The zero-order valence-corrected chi connectivity index (χ0v) is 9.65. The molecule has 2 rings (SSSR count). The molecule has 0 radical (unpaired) electrons. The molecule has 1 atom stereocenters. The van der Waals surface area contributed by atoms with Crippen molar-refractivity contribution in [2.75, 3.05) is 6.61 Å². The number of esters is 1. The van der Waals surface area contributed by atoms with Crippen LogP contribution in [0.2, 0.25) is 5.15 Å². The van der Waals surface area contributed by atoms with Crippen molar-refractivity contribution in [3.8, 4) is 0 Å². The molecule has 2 heterocycles. The summed E-state index contributed by atoms with van der Waals surface area (Å²) in [6.07, 6.45) is 2.38. The van der Waals surface area contributed by atoms with Gasteiger partial charge in [0, 0.05) is 18.8 Å². The lowest BCUT2D eigenvalue weighted by Crippen LogP contribution is -2.25. The Bertz CT molecular complexity index is 445. The Morgan fingerprint density at radius 3 is 3.00 bits per heavy atom. The molecular weight excluding hydrogens is 244 g/mol. The van der Waals surface area contributed by atoms with Crippen molar-refractivity contribution in [3.05, 3.63) is 40.8 Å². The number of ether oxygens (including phenoxy) is 1. The molecule has 1 unspecified atom stereocenters. The predicted molar refractivity (Wildman–Crippen MR) is 61.1 cm³/mol. The Labute approximate surface area is 103 Å². The summed E-state index contributed by atoms with van der Waals surface area (Å²) < 4.78 is 4.85. The lowest BCUT2D eigenvalue weighted by Gasteiger charge is -2.13. The molecule has 2 N–H and O–H groups in total. The molecule has 1 aromatic heterocycles. The van der Waals surface area contributed by atoms with Crippen molar-refractivity contribution in [3.63, 3.8) is 0 Å². The molecule has 1 aliphatic rings. The molecule has 0 aliphatic carbocycles. The molecule has 17 heavy (non-hydrogen) atoms. The van der Waals surface area contributed by atoms with Gasteiger partial charge in [0.1, 0.15) is 5.15 Å². The quantitative estimate of drug-likeness (QED) is 0.609. The molecule has 0 spiro atoms. The standard InChI is InChI=1S/C11H11ClN2O3/c12-10-2-1-7(5-14-10)4-13-8-3-11(16)17-9(8)6-15/h1-3,5,9,13,15H,4,6H2. The second-order valence-electron chi connectivity index (χ2n) is 3.55. The second kappa shape index (κ2) is 5.16. The smallest absolute Gasteiger partial charge is 0.333 e. The Balaban J connectivity index is 1.96. The number of aromatic nitrogens is 1. The highest BCUT2D eigenvalue weighted by Crippen LogP contribution is 2.13. The van der Waals surface area contributed by atoms with Crippen LogP contribution in [0.25, 0.3) is 0 Å². The van der Waals surface area contributed by atoms with Crippen LogP contribution >= 0.6 is 11.6 Å². The van der Waals surface area contributed by atoms with E-state index < -0.39 is 12.1 Å². The number of rotatable bonds is 4. The number of aliphatic hydroxyl groups excluding tert-OH is 1. The largest absolute Gasteiger partial charge is 0.450 e. The Morgan fingerprint density at radius 2 is 2.35 bits per heavy atom. The first-order chi connectivity index (χ1) is 8.19. The summed E-state index contributed by atoms with van der Waals surface area (Å²) in [7, 11) is 0. The number of nitrogens with zero attached hydrogens (tertiary/aromatic N) is 1. The zero-order valence-electron chi connectivity index (χ0n) is 8.89. The van der Waals surface area contributed by atoms with Crippen molar-refractivity contribution >= 4 is 17.6 Å². The van der Waals surface area contributed by atoms with E-state index in [2.05, 4.69) is 10.3 Å². The molecule has 0 amide bonds. The van der Waals surface area contributed by atoms with Crippen LogP contribution in [0.4, 0.5) is 0 Å². The van der Waals surface area contributed by atoms with E-state index in [1.165, 1.54) is 6.08 Å². The first-order valence-corrected chi connectivity index (χ1v) is 5.44. The fraction of sp³-hybridized carbons (Fsp3) is 0.273. The lowest BCUT2D eigenvalue weighted by molar-refractivity contribution is -0.140. The van der Waals surface area contributed by atoms with Crippen molar-refractivity contribution in [1.82, 2.24) is 10.3 Å². The molecule has 0 saturated heterocycles. The molecule has 0 aromatic carbocycles. The van der Waals surface area contributed by atoms with Gasteiger partial charge in [-0.3, -0.25) is 0 Å². The van der Waals surface area contributed by atoms with Gasteiger partial charge in [-0.05, 0) is 11.6 Å². The third kappa shape index (κ3) is 2.95. The van der Waals surface area contributed by atoms with E-state index in [1.54, 1.807) is 12.3 Å². The fourth-order valence-electron chi connectivity index (χ4n) is 1.47. The number of nitrogens with one attached hydrogen (secondary N) is 1. The van der Waals surface area contributed by atoms with Crippen LogP contribution in [-0.4, -0.2) is 28.8 Å². The van der Waals surface area contributed by atoms with Crippen LogP contribution in [0.15, 0.2) is 30.1 Å². The summed E-state index contributed by atoms with van der Waals surface area (Å²) in [4.78, 5) is 14.9. The van der Waals surface area contributed by atoms with Crippen LogP contribution in [0.3, 0.4) is 0 Å². The highest BCUT2D eigenvalue weighted by molar-refractivity contribution is 6.29. The van der Waals surface area contributed by atoms with Gasteiger partial charge in [0.05, 0.1) is 12.3 Å². The third-order valence-corrected chi connectivity index (χ3v) is 2.55. The minimum Gasteiger partial charge on any atom is -0.450 e. The maximum Gasteiger partial charge on any atom is 0.333 e. The monoisotopic (exact) mass is 254 g/mol. The number of carbonyl (C=O) groups excluding carboxylic acids is 1. The van der Waals surface area contributed by atoms with Crippen molar-refractivity contribution < 1.29 is 14.6 Å². The first-order valence-electron chi connectivity index (χ1n) is 5.06. The summed E-state index contributed by atoms with van der Waals surface area (Å²) >= 11 is 5.66. The minimum absolute atomic E-state index is 0.233. The van der Waals surface area contributed by atoms with Gasteiger partial charge in [0.25, 0.3) is 0 Å². The number of hydrogen-bond acceptors (Lipinski definition) is 5. The van der Waals surface area contributed by atoms with E-state index in [0.717, 1.165) is 5.56 Å². The molecular formula is C11H11ClN2O3. The molecule has 1 aliphatic heterocycles. The van der Waals surface area contributed by atoms with E-state index in [-0.39, 0.29) is 6.61 Å². The van der Waals surface area contributed by atoms with Crippen molar-refractivity contribution in [2.24, 2.45) is 0 Å². The van der Waals surface area contributed by atoms with E-state index in [0.29, 0.717) is 17.4 Å². The Kier molecular flexibility index (Phi) is 3.61. The zero-order chi connectivity index (χ0) is 12.3. The van der Waals surface area contributed by atoms with Crippen LogP contribution in [0, 0.1) is 0 Å². The van der Waals surface area contributed by atoms with Gasteiger partial charge in [0.15, 0.2) is 6.10 Å². The maximum absolute atomic E-state index is 11.0. The topological polar surface area (TPSA) is 71.5 Å². The minimum atomic E-state index is -0.595. The van der Waals surface area contributed by atoms with E-state index in [9.17, 15) is 4.79 Å². The number of pyridine rings is 1. The van der Waals surface area contributed by atoms with Gasteiger partial charge in [-0.15, -0.1) is 0 Å². The average molecular weight is 255 g/mol. The molecule has 0 saturated carbocycles. The van der Waals surface area contributed by atoms with Crippen LogP contribution in [-0.2, 0) is 16.1 Å². The molecule has 1 aromatic rings. The van der Waals surface area contributed by atoms with Gasteiger partial charge >= 0.3 is 5.97 Å². The number of hydrogen-bond donors (Lipinski definition) is 2. The lowest BCUT2D eigenvalue weighted by atomic mass is 10.2. The first kappa shape index (κ1) is 11.9. The number of halogens is 1. The molecule has 0 fully saturated rings. The number of aliphatic hydroxyl groups is 1. The van der Waals surface area contributed by atoms with Crippen molar-refractivity contribution in [1.29, 1.82) is 0 Å². The molecule has 5 nitrogen and oxygen atoms in total. The van der Waals surface area contributed by atoms with Crippen LogP contribution in [0.1, 0.15) is 5.56 Å². The van der Waals surface area contributed by atoms with Gasteiger partial charge in [-0.25, -0.2) is 9.78 Å². The highest BCUT2D eigenvalue weighted by Gasteiger charge is 2.24. The third-order valence-electron chi connectivity index (χ3n) is 2.33. The van der Waals surface area contributed by atoms with E-state index in [4.69, 9.17) is 21.4 Å². The Hall–Kier alpha value is -1.59. The number of cyclic esters (lactones) is 1. The van der Waals surface area contributed by atoms with E-state index >= 15 is 0 Å². The Morgan fingerprint density at radius 1 is 1.53 bits per heavy atom. The average Bonchev–Trinajstić information content (AvgIpc) is 2.69. The van der Waals surface area contributed by atoms with Gasteiger partial charge in [-0.2, -0.15) is 0 Å². The SMILES string of the molecule is O=C1C=C(NCc2ccc(Cl)nc2)C(CO)O1. The predicted octanol–water partition coefficient (Wildman–Crippen LogP) is 0.626. The van der Waals surface area contributed by atoms with Crippen LogP contribution in [0.5, 0.6) is 0 Å². The van der Waals surface area contributed by atoms with Crippen LogP contribution < -0.4 is 5.32 Å². The second-order valence-corrected chi connectivity index (χ2v) is 3.94. The fourth-order valence-corrected chi connectivity index (χ4v) is 1.59. The summed E-state index contributed by atoms with van der Waals surface area (Å²) in [5, 5.41) is 12.5. The van der Waals surface area contributed by atoms with Gasteiger partial charge < -0.3 is 15.2 Å². The summed E-state index contributed by atoms with van der Waals surface area (Å²) in [5.74, 6) is -0.444. The van der Waals surface area contributed by atoms with Gasteiger partial charge in [-0.1, -0.05) is 17.7 Å². The number of carbonyl (C=O) groups is 1. The molecule has 90 valence electrons. The van der Waals surface area contributed by atoms with Gasteiger partial charge in [0.2, 0.25) is 0 Å². The summed E-state index contributed by atoms with van der Waals surface area (Å²) in [6.45, 7) is 0.257. The summed E-state index contributed by atoms with van der Waals surface area (Å²) in [6, 6.07) is 3.52. The maximum atomic E-state index is 11.0. The summed E-state index contributed by atoms with van der Waals surface area (Å²) in [5.41, 5.74) is 1.50. The molecule has 0 bridgehead atoms. The normalized spacial score (nSPS) is 18.8. The molecule has 6 heteroatoms.